The Labute approximate surface area is 198 Å². The van der Waals surface area contributed by atoms with Gasteiger partial charge in [0.15, 0.2) is 0 Å². The zero-order valence-corrected chi connectivity index (χ0v) is 20.3. The standard InChI is InChI=1S/C25H24N2O2S3/c1-17-8-9-20-22(14-17)31-26(24(20)28)10-4-12-30-13-5-11-27-25(29)21-15-18-6-2-3-7-19(18)16-23(21)32-27/h2-3,6-9,14-16H,4-5,10-13H2,1H3. The molecule has 0 aliphatic heterocycles. The minimum absolute atomic E-state index is 0.125. The summed E-state index contributed by atoms with van der Waals surface area (Å²) in [6.45, 7) is 3.59. The maximum absolute atomic E-state index is 12.8. The number of fused-ring (bicyclic) bond motifs is 3. The summed E-state index contributed by atoms with van der Waals surface area (Å²) in [5.74, 6) is 2.04. The van der Waals surface area contributed by atoms with Crippen molar-refractivity contribution in [3.63, 3.8) is 0 Å². The number of thioether (sulfide) groups is 1. The van der Waals surface area contributed by atoms with E-state index in [1.54, 1.807) is 23.1 Å². The zero-order valence-electron chi connectivity index (χ0n) is 17.9. The number of hydrogen-bond donors (Lipinski definition) is 0. The third-order valence-electron chi connectivity index (χ3n) is 5.62. The fourth-order valence-corrected chi connectivity index (χ4v) is 7.02. The monoisotopic (exact) mass is 480 g/mol. The summed E-state index contributed by atoms with van der Waals surface area (Å²) in [6, 6.07) is 18.4. The summed E-state index contributed by atoms with van der Waals surface area (Å²) in [7, 11) is 0. The Morgan fingerprint density at radius 3 is 2.03 bits per heavy atom. The van der Waals surface area contributed by atoms with E-state index in [1.165, 1.54) is 10.9 Å². The molecule has 0 aliphatic rings. The van der Waals surface area contributed by atoms with E-state index in [0.717, 1.165) is 63.0 Å². The van der Waals surface area contributed by atoms with Crippen LogP contribution < -0.4 is 11.1 Å². The smallest absolute Gasteiger partial charge is 0.268 e. The highest BCUT2D eigenvalue weighted by Crippen LogP contribution is 2.24. The molecule has 0 unspecified atom stereocenters. The first kappa shape index (κ1) is 21.5. The summed E-state index contributed by atoms with van der Waals surface area (Å²) >= 11 is 5.03. The fraction of sp³-hybridized carbons (Fsp3) is 0.280. The molecule has 0 bridgehead atoms. The molecule has 0 N–H and O–H groups in total. The van der Waals surface area contributed by atoms with Crippen LogP contribution >= 0.6 is 34.8 Å². The highest BCUT2D eigenvalue weighted by Gasteiger charge is 2.09. The van der Waals surface area contributed by atoms with Crippen molar-refractivity contribution in [1.29, 1.82) is 0 Å². The molecule has 0 spiro atoms. The normalized spacial score (nSPS) is 11.8. The molecule has 5 rings (SSSR count). The van der Waals surface area contributed by atoms with E-state index >= 15 is 0 Å². The lowest BCUT2D eigenvalue weighted by Gasteiger charge is -2.03. The van der Waals surface area contributed by atoms with Gasteiger partial charge in [-0.1, -0.05) is 53.4 Å². The van der Waals surface area contributed by atoms with Crippen molar-refractivity contribution in [3.05, 3.63) is 80.9 Å². The molecule has 0 amide bonds. The van der Waals surface area contributed by atoms with Crippen molar-refractivity contribution in [2.24, 2.45) is 0 Å². The molecule has 32 heavy (non-hydrogen) atoms. The van der Waals surface area contributed by atoms with Gasteiger partial charge < -0.3 is 0 Å². The average molecular weight is 481 g/mol. The van der Waals surface area contributed by atoms with Crippen molar-refractivity contribution < 1.29 is 0 Å². The number of aromatic nitrogens is 2. The molecule has 2 heterocycles. The van der Waals surface area contributed by atoms with E-state index < -0.39 is 0 Å². The molecule has 0 saturated heterocycles. The average Bonchev–Trinajstić information content (AvgIpc) is 3.27. The van der Waals surface area contributed by atoms with Crippen LogP contribution in [0.1, 0.15) is 18.4 Å². The topological polar surface area (TPSA) is 44.0 Å². The lowest BCUT2D eigenvalue weighted by Crippen LogP contribution is -2.14. The molecule has 5 aromatic rings. The first-order valence-electron chi connectivity index (χ1n) is 10.8. The van der Waals surface area contributed by atoms with Gasteiger partial charge in [0.05, 0.1) is 20.2 Å². The van der Waals surface area contributed by atoms with Gasteiger partial charge in [-0.25, -0.2) is 0 Å². The quantitative estimate of drug-likeness (QED) is 0.252. The van der Waals surface area contributed by atoms with Gasteiger partial charge in [-0.15, -0.1) is 0 Å². The Hall–Kier alpha value is -2.35. The van der Waals surface area contributed by atoms with Crippen LogP contribution in [0.5, 0.6) is 0 Å². The summed E-state index contributed by atoms with van der Waals surface area (Å²) < 4.78 is 5.91. The molecular weight excluding hydrogens is 456 g/mol. The SMILES string of the molecule is Cc1ccc2c(=O)n(CCCSCCCn3sc4cc5ccccc5cc4c3=O)sc2c1. The first-order chi connectivity index (χ1) is 15.6. The van der Waals surface area contributed by atoms with Crippen LogP contribution in [0.25, 0.3) is 30.9 Å². The van der Waals surface area contributed by atoms with Crippen LogP contribution in [-0.2, 0) is 13.1 Å². The van der Waals surface area contributed by atoms with Crippen LogP contribution in [0.2, 0.25) is 0 Å². The van der Waals surface area contributed by atoms with Gasteiger partial charge in [0, 0.05) is 13.1 Å². The Balaban J connectivity index is 1.12. The largest absolute Gasteiger partial charge is 0.268 e. The summed E-state index contributed by atoms with van der Waals surface area (Å²) in [5, 5.41) is 3.95. The molecule has 0 fully saturated rings. The van der Waals surface area contributed by atoms with Crippen molar-refractivity contribution in [3.8, 4) is 0 Å². The molecule has 164 valence electrons. The molecule has 7 heteroatoms. The van der Waals surface area contributed by atoms with Crippen molar-refractivity contribution in [1.82, 2.24) is 7.91 Å². The van der Waals surface area contributed by atoms with Gasteiger partial charge in [-0.3, -0.25) is 17.5 Å². The van der Waals surface area contributed by atoms with Gasteiger partial charge in [0.25, 0.3) is 11.1 Å². The lowest BCUT2D eigenvalue weighted by atomic mass is 10.1. The fourth-order valence-electron chi connectivity index (χ4n) is 3.95. The Kier molecular flexibility index (Phi) is 6.22. The van der Waals surface area contributed by atoms with Gasteiger partial charge in [0.2, 0.25) is 0 Å². The predicted octanol–water partition coefficient (Wildman–Crippen LogP) is 6.11. The van der Waals surface area contributed by atoms with E-state index in [-0.39, 0.29) is 11.1 Å². The number of hydrogen-bond acceptors (Lipinski definition) is 5. The van der Waals surface area contributed by atoms with Crippen LogP contribution in [0, 0.1) is 6.92 Å². The van der Waals surface area contributed by atoms with E-state index in [1.807, 2.05) is 50.0 Å². The molecule has 0 atom stereocenters. The summed E-state index contributed by atoms with van der Waals surface area (Å²) in [4.78, 5) is 25.2. The molecule has 0 radical (unpaired) electrons. The lowest BCUT2D eigenvalue weighted by molar-refractivity contribution is 0.713. The van der Waals surface area contributed by atoms with Crippen molar-refractivity contribution >= 4 is 65.8 Å². The Bertz CT molecular complexity index is 1520. The highest BCUT2D eigenvalue weighted by atomic mass is 32.2. The minimum Gasteiger partial charge on any atom is -0.268 e. The highest BCUT2D eigenvalue weighted by molar-refractivity contribution is 7.99. The maximum atomic E-state index is 12.8. The molecular formula is C25H24N2O2S3. The van der Waals surface area contributed by atoms with Gasteiger partial charge in [-0.2, -0.15) is 11.8 Å². The van der Waals surface area contributed by atoms with Gasteiger partial charge in [0.1, 0.15) is 0 Å². The number of aryl methyl sites for hydroxylation is 3. The third kappa shape index (κ3) is 4.29. The molecule has 2 aromatic heterocycles. The number of nitrogens with zero attached hydrogens (tertiary/aromatic N) is 2. The van der Waals surface area contributed by atoms with Crippen LogP contribution in [0.3, 0.4) is 0 Å². The van der Waals surface area contributed by atoms with Crippen LogP contribution in [0.15, 0.2) is 64.2 Å². The van der Waals surface area contributed by atoms with Crippen LogP contribution in [0.4, 0.5) is 0 Å². The van der Waals surface area contributed by atoms with Crippen LogP contribution in [-0.4, -0.2) is 19.4 Å². The summed E-state index contributed by atoms with van der Waals surface area (Å²) in [5.41, 5.74) is 1.44. The zero-order chi connectivity index (χ0) is 22.1. The Morgan fingerprint density at radius 2 is 1.34 bits per heavy atom. The first-order valence-corrected chi connectivity index (χ1v) is 13.5. The second-order valence-electron chi connectivity index (χ2n) is 8.01. The van der Waals surface area contributed by atoms with Gasteiger partial charge >= 0.3 is 0 Å². The number of rotatable bonds is 8. The van der Waals surface area contributed by atoms with Gasteiger partial charge in [-0.05, 0) is 71.9 Å². The second-order valence-corrected chi connectivity index (χ2v) is 11.4. The van der Waals surface area contributed by atoms with E-state index in [4.69, 9.17) is 0 Å². The molecule has 4 nitrogen and oxygen atoms in total. The summed E-state index contributed by atoms with van der Waals surface area (Å²) in [6.07, 6.45) is 1.95. The van der Waals surface area contributed by atoms with E-state index in [9.17, 15) is 9.59 Å². The van der Waals surface area contributed by atoms with E-state index in [2.05, 4.69) is 31.2 Å². The minimum atomic E-state index is 0.125. The van der Waals surface area contributed by atoms with Crippen molar-refractivity contribution in [2.75, 3.05) is 11.5 Å². The predicted molar refractivity (Wildman–Crippen MR) is 141 cm³/mol. The van der Waals surface area contributed by atoms with E-state index in [0.29, 0.717) is 0 Å². The van der Waals surface area contributed by atoms with Crippen molar-refractivity contribution in [2.45, 2.75) is 32.9 Å². The molecule has 0 aliphatic carbocycles. The third-order valence-corrected chi connectivity index (χ3v) is 8.98. The second kappa shape index (κ2) is 9.25. The number of benzene rings is 3. The molecule has 3 aromatic carbocycles. The Morgan fingerprint density at radius 1 is 0.750 bits per heavy atom. The maximum Gasteiger partial charge on any atom is 0.268 e. The molecule has 0 saturated carbocycles.